The van der Waals surface area contributed by atoms with E-state index in [1.165, 1.54) is 0 Å². The molecule has 3 rings (SSSR count). The predicted octanol–water partition coefficient (Wildman–Crippen LogP) is 8.92. The molecule has 0 saturated carbocycles. The zero-order valence-corrected chi connectivity index (χ0v) is 21.1. The number of para-hydroxylation sites is 3. The molecule has 0 atom stereocenters. The number of phenolic OH excluding ortho intramolecular Hbond substituents is 3. The molecule has 0 aliphatic carbocycles. The van der Waals surface area contributed by atoms with Crippen LogP contribution in [0.1, 0.15) is 62.3 Å². The third-order valence-corrected chi connectivity index (χ3v) is 2.27. The smallest absolute Gasteiger partial charge is 0.115 e. The van der Waals surface area contributed by atoms with Crippen molar-refractivity contribution in [3.63, 3.8) is 0 Å². The van der Waals surface area contributed by atoms with E-state index in [0.29, 0.717) is 17.2 Å². The number of phenols is 3. The maximum absolute atomic E-state index is 8.63. The lowest BCUT2D eigenvalue weighted by Crippen LogP contribution is -1.66. The first kappa shape index (κ1) is 35.5. The summed E-state index contributed by atoms with van der Waals surface area (Å²) in [4.78, 5) is 0. The number of rotatable bonds is 0. The van der Waals surface area contributed by atoms with Crippen LogP contribution in [-0.2, 0) is 0 Å². The third kappa shape index (κ3) is 38.3. The van der Waals surface area contributed by atoms with Gasteiger partial charge in [0.2, 0.25) is 0 Å². The molecule has 0 saturated heterocycles. The van der Waals surface area contributed by atoms with E-state index in [1.54, 1.807) is 72.8 Å². The fourth-order valence-electron chi connectivity index (χ4n) is 1.28. The van der Waals surface area contributed by atoms with E-state index in [1.807, 2.05) is 59.7 Å². The maximum Gasteiger partial charge on any atom is 0.115 e. The second-order valence-corrected chi connectivity index (χ2v) is 5.74. The van der Waals surface area contributed by atoms with Crippen LogP contribution in [0.2, 0.25) is 0 Å². The van der Waals surface area contributed by atoms with Crippen LogP contribution in [0.25, 0.3) is 0 Å². The lowest BCUT2D eigenvalue weighted by molar-refractivity contribution is 0.475. The molecule has 0 heterocycles. The lowest BCUT2D eigenvalue weighted by atomic mass is 10.3. The average Bonchev–Trinajstić information content (AvgIpc) is 2.80. The Morgan fingerprint density at radius 3 is 0.581 bits per heavy atom. The standard InChI is InChI=1S/3C6H6O.C4H10.3C2H6/c3*7-6-4-2-1-3-5-6;1-4(2)3;3*1-2/h3*1-5,7H;4H,1-3H3;3*1-2H3. The Kier molecular flexibility index (Phi) is 36.3. The Morgan fingerprint density at radius 1 is 0.387 bits per heavy atom. The molecule has 0 unspecified atom stereocenters. The first-order valence-electron chi connectivity index (χ1n) is 11.1. The van der Waals surface area contributed by atoms with Crippen molar-refractivity contribution in [3.05, 3.63) is 91.0 Å². The first-order valence-corrected chi connectivity index (χ1v) is 11.1. The van der Waals surface area contributed by atoms with Gasteiger partial charge in [0.25, 0.3) is 0 Å². The molecule has 176 valence electrons. The van der Waals surface area contributed by atoms with Crippen LogP contribution in [0.3, 0.4) is 0 Å². The van der Waals surface area contributed by atoms with Crippen LogP contribution in [0.5, 0.6) is 17.2 Å². The van der Waals surface area contributed by atoms with Gasteiger partial charge in [-0.3, -0.25) is 0 Å². The summed E-state index contributed by atoms with van der Waals surface area (Å²) in [7, 11) is 0. The SMILES string of the molecule is CC.CC.CC.CC(C)C.Oc1ccccc1.Oc1ccccc1.Oc1ccccc1. The van der Waals surface area contributed by atoms with Crippen molar-refractivity contribution < 1.29 is 15.3 Å². The Hall–Kier alpha value is -2.94. The summed E-state index contributed by atoms with van der Waals surface area (Å²) in [5.74, 6) is 1.80. The molecule has 3 aromatic carbocycles. The summed E-state index contributed by atoms with van der Waals surface area (Å²) < 4.78 is 0. The number of hydrogen-bond donors (Lipinski definition) is 3. The monoisotopic (exact) mass is 430 g/mol. The third-order valence-electron chi connectivity index (χ3n) is 2.27. The normalized spacial score (nSPS) is 7.55. The Balaban J connectivity index is -0.000000147. The highest BCUT2D eigenvalue weighted by molar-refractivity contribution is 5.19. The van der Waals surface area contributed by atoms with Crippen molar-refractivity contribution in [3.8, 4) is 17.2 Å². The van der Waals surface area contributed by atoms with Crippen molar-refractivity contribution in [2.75, 3.05) is 0 Å². The fraction of sp³-hybridized carbons (Fsp3) is 0.357. The van der Waals surface area contributed by atoms with Gasteiger partial charge >= 0.3 is 0 Å². The van der Waals surface area contributed by atoms with E-state index in [4.69, 9.17) is 15.3 Å². The van der Waals surface area contributed by atoms with Crippen molar-refractivity contribution in [2.45, 2.75) is 62.3 Å². The van der Waals surface area contributed by atoms with Gasteiger partial charge in [-0.05, 0) is 42.3 Å². The van der Waals surface area contributed by atoms with Crippen LogP contribution in [0.15, 0.2) is 91.0 Å². The number of hydrogen-bond acceptors (Lipinski definition) is 3. The van der Waals surface area contributed by atoms with Gasteiger partial charge in [0.05, 0.1) is 0 Å². The zero-order valence-electron chi connectivity index (χ0n) is 21.1. The lowest BCUT2D eigenvalue weighted by Gasteiger charge is -1.82. The van der Waals surface area contributed by atoms with Gasteiger partial charge in [-0.2, -0.15) is 0 Å². The Morgan fingerprint density at radius 2 is 0.516 bits per heavy atom. The maximum atomic E-state index is 8.63. The van der Waals surface area contributed by atoms with E-state index in [0.717, 1.165) is 5.92 Å². The molecule has 0 fully saturated rings. The summed E-state index contributed by atoms with van der Waals surface area (Å²) in [5.41, 5.74) is 0. The van der Waals surface area contributed by atoms with E-state index in [2.05, 4.69) is 20.8 Å². The summed E-state index contributed by atoms with van der Waals surface area (Å²) in [5, 5.41) is 25.9. The van der Waals surface area contributed by atoms with E-state index >= 15 is 0 Å². The number of benzene rings is 3. The topological polar surface area (TPSA) is 60.7 Å². The fourth-order valence-corrected chi connectivity index (χ4v) is 1.28. The van der Waals surface area contributed by atoms with Gasteiger partial charge in [-0.1, -0.05) is 117 Å². The Labute approximate surface area is 192 Å². The van der Waals surface area contributed by atoms with Gasteiger partial charge in [-0.15, -0.1) is 0 Å². The van der Waals surface area contributed by atoms with Crippen LogP contribution < -0.4 is 0 Å². The van der Waals surface area contributed by atoms with Crippen LogP contribution in [0.4, 0.5) is 0 Å². The van der Waals surface area contributed by atoms with E-state index < -0.39 is 0 Å². The molecule has 3 N–H and O–H groups in total. The van der Waals surface area contributed by atoms with Crippen molar-refractivity contribution in [1.82, 2.24) is 0 Å². The molecule has 0 aliphatic heterocycles. The highest BCUT2D eigenvalue weighted by Gasteiger charge is 1.76. The molecular weight excluding hydrogens is 384 g/mol. The van der Waals surface area contributed by atoms with E-state index in [9.17, 15) is 0 Å². The molecule has 0 aromatic heterocycles. The minimum atomic E-state index is 0.322. The molecule has 3 nitrogen and oxygen atoms in total. The second-order valence-electron chi connectivity index (χ2n) is 5.74. The second kappa shape index (κ2) is 31.7. The minimum Gasteiger partial charge on any atom is -0.508 e. The minimum absolute atomic E-state index is 0.322. The molecule has 0 amide bonds. The van der Waals surface area contributed by atoms with Gasteiger partial charge in [-0.25, -0.2) is 0 Å². The summed E-state index contributed by atoms with van der Waals surface area (Å²) in [6.07, 6.45) is 0. The Bertz CT molecular complexity index is 532. The van der Waals surface area contributed by atoms with Gasteiger partial charge in [0.15, 0.2) is 0 Å². The summed E-state index contributed by atoms with van der Waals surface area (Å²) >= 11 is 0. The average molecular weight is 431 g/mol. The number of aromatic hydroxyl groups is 3. The molecule has 0 spiro atoms. The molecule has 3 aromatic rings. The van der Waals surface area contributed by atoms with Crippen molar-refractivity contribution in [1.29, 1.82) is 0 Å². The molecule has 0 bridgehead atoms. The van der Waals surface area contributed by atoms with E-state index in [-0.39, 0.29) is 0 Å². The molecule has 0 radical (unpaired) electrons. The van der Waals surface area contributed by atoms with Gasteiger partial charge in [0.1, 0.15) is 17.2 Å². The molecule has 3 heteroatoms. The first-order chi connectivity index (χ1) is 14.9. The summed E-state index contributed by atoms with van der Waals surface area (Å²) in [6.45, 7) is 18.5. The largest absolute Gasteiger partial charge is 0.508 e. The van der Waals surface area contributed by atoms with Crippen molar-refractivity contribution >= 4 is 0 Å². The molecular formula is C28H46O3. The van der Waals surface area contributed by atoms with Crippen molar-refractivity contribution in [2.24, 2.45) is 5.92 Å². The highest BCUT2D eigenvalue weighted by atomic mass is 16.3. The van der Waals surface area contributed by atoms with Crippen LogP contribution in [-0.4, -0.2) is 15.3 Å². The van der Waals surface area contributed by atoms with Crippen LogP contribution >= 0.6 is 0 Å². The molecule has 0 aliphatic rings. The molecule has 31 heavy (non-hydrogen) atoms. The van der Waals surface area contributed by atoms with Gasteiger partial charge < -0.3 is 15.3 Å². The summed E-state index contributed by atoms with van der Waals surface area (Å²) in [6, 6.07) is 26.1. The quantitative estimate of drug-likeness (QED) is 0.333. The zero-order chi connectivity index (χ0) is 24.9. The van der Waals surface area contributed by atoms with Gasteiger partial charge in [0, 0.05) is 0 Å². The highest BCUT2D eigenvalue weighted by Crippen LogP contribution is 2.04. The predicted molar refractivity (Wildman–Crippen MR) is 139 cm³/mol. The van der Waals surface area contributed by atoms with Crippen LogP contribution in [0, 0.1) is 5.92 Å².